The molecule has 30 heavy (non-hydrogen) atoms. The number of sulfonamides is 2. The molecule has 0 unspecified atom stereocenters. The van der Waals surface area contributed by atoms with E-state index in [-0.39, 0.29) is 40.1 Å². The van der Waals surface area contributed by atoms with E-state index < -0.39 is 20.0 Å². The van der Waals surface area contributed by atoms with Crippen LogP contribution in [0.5, 0.6) is 0 Å². The van der Waals surface area contributed by atoms with E-state index in [1.165, 1.54) is 56.6 Å². The lowest BCUT2D eigenvalue weighted by Gasteiger charge is -2.17. The van der Waals surface area contributed by atoms with E-state index in [4.69, 9.17) is 0 Å². The van der Waals surface area contributed by atoms with Gasteiger partial charge in [-0.2, -0.15) is 0 Å². The zero-order valence-corrected chi connectivity index (χ0v) is 18.2. The minimum absolute atomic E-state index is 0.0376. The maximum Gasteiger partial charge on any atom is 0.261 e. The average Bonchev–Trinajstić information content (AvgIpc) is 3.00. The Kier molecular flexibility index (Phi) is 5.72. The molecule has 0 aliphatic carbocycles. The van der Waals surface area contributed by atoms with E-state index in [0.29, 0.717) is 11.3 Å². The van der Waals surface area contributed by atoms with Gasteiger partial charge in [0.2, 0.25) is 21.8 Å². The highest BCUT2D eigenvalue weighted by Gasteiger charge is 2.31. The van der Waals surface area contributed by atoms with Gasteiger partial charge in [0.1, 0.15) is 0 Å². The average molecular weight is 452 g/mol. The molecule has 0 bridgehead atoms. The molecule has 2 aromatic rings. The van der Waals surface area contributed by atoms with Gasteiger partial charge in [-0.3, -0.25) is 19.2 Å². The van der Waals surface area contributed by atoms with Crippen molar-refractivity contribution in [3.05, 3.63) is 48.0 Å². The first-order chi connectivity index (χ1) is 13.9. The summed E-state index contributed by atoms with van der Waals surface area (Å²) in [6.45, 7) is 1.62. The molecule has 2 amide bonds. The van der Waals surface area contributed by atoms with E-state index in [1.54, 1.807) is 6.92 Å². The van der Waals surface area contributed by atoms with Crippen molar-refractivity contribution in [1.82, 2.24) is 4.31 Å². The summed E-state index contributed by atoms with van der Waals surface area (Å²) >= 11 is 0. The lowest BCUT2D eigenvalue weighted by Crippen LogP contribution is -2.29. The molecule has 1 aliphatic rings. The molecular formula is C19H21N3O6S2. The number of amides is 2. The molecule has 3 rings (SSSR count). The summed E-state index contributed by atoms with van der Waals surface area (Å²) in [6, 6.07) is 9.46. The van der Waals surface area contributed by atoms with Gasteiger partial charge in [0, 0.05) is 32.6 Å². The second-order valence-corrected chi connectivity index (χ2v) is 10.8. The number of carbonyl (C=O) groups is 2. The summed E-state index contributed by atoms with van der Waals surface area (Å²) in [7, 11) is -4.78. The molecule has 0 spiro atoms. The zero-order valence-electron chi connectivity index (χ0n) is 16.6. The summed E-state index contributed by atoms with van der Waals surface area (Å²) in [4.78, 5) is 24.9. The lowest BCUT2D eigenvalue weighted by atomic mass is 10.2. The quantitative estimate of drug-likeness (QED) is 0.668. The van der Waals surface area contributed by atoms with Crippen molar-refractivity contribution >= 4 is 43.2 Å². The van der Waals surface area contributed by atoms with Gasteiger partial charge < -0.3 is 0 Å². The summed E-state index contributed by atoms with van der Waals surface area (Å²) in [6.07, 6.45) is 0.277. The molecule has 0 radical (unpaired) electrons. The molecule has 1 saturated heterocycles. The first-order valence-corrected chi connectivity index (χ1v) is 11.9. The summed E-state index contributed by atoms with van der Waals surface area (Å²) < 4.78 is 53.1. The fraction of sp³-hybridized carbons (Fsp3) is 0.263. The van der Waals surface area contributed by atoms with Crippen molar-refractivity contribution in [3.63, 3.8) is 0 Å². The number of nitrogens with one attached hydrogen (secondary N) is 1. The molecule has 11 heteroatoms. The van der Waals surface area contributed by atoms with E-state index in [9.17, 15) is 26.4 Å². The van der Waals surface area contributed by atoms with Gasteiger partial charge in [-0.05, 0) is 55.0 Å². The number of carbonyl (C=O) groups excluding carboxylic acids is 2. The Labute approximate surface area is 175 Å². The van der Waals surface area contributed by atoms with Crippen LogP contribution in [0.15, 0.2) is 52.3 Å². The molecule has 9 nitrogen and oxygen atoms in total. The topological polar surface area (TPSA) is 121 Å². The van der Waals surface area contributed by atoms with Crippen LogP contribution in [0.4, 0.5) is 11.4 Å². The van der Waals surface area contributed by atoms with Crippen LogP contribution in [0, 0.1) is 6.92 Å². The largest absolute Gasteiger partial charge is 0.280 e. The van der Waals surface area contributed by atoms with Crippen molar-refractivity contribution in [2.75, 3.05) is 23.7 Å². The molecule has 1 N–H and O–H groups in total. The second-order valence-electron chi connectivity index (χ2n) is 6.99. The van der Waals surface area contributed by atoms with E-state index in [0.717, 1.165) is 9.21 Å². The van der Waals surface area contributed by atoms with Crippen LogP contribution >= 0.6 is 0 Å². The second kappa shape index (κ2) is 7.82. The number of aryl methyl sites for hydroxylation is 1. The SMILES string of the molecule is Cc1cc(S(=O)(=O)Nc2ccc(S(=O)(=O)N(C)C)cc2)ccc1N1C(=O)CCC1=O. The van der Waals surface area contributed by atoms with Crippen molar-refractivity contribution in [3.8, 4) is 0 Å². The summed E-state index contributed by atoms with van der Waals surface area (Å²) in [5, 5.41) is 0. The number of rotatable bonds is 6. The first kappa shape index (κ1) is 21.9. The third-order valence-electron chi connectivity index (χ3n) is 4.66. The maximum atomic E-state index is 12.7. The smallest absolute Gasteiger partial charge is 0.261 e. The number of anilines is 2. The monoisotopic (exact) mass is 451 g/mol. The minimum Gasteiger partial charge on any atom is -0.280 e. The Morgan fingerprint density at radius 3 is 1.90 bits per heavy atom. The normalized spacial score (nSPS) is 15.1. The van der Waals surface area contributed by atoms with Crippen LogP contribution in [0.2, 0.25) is 0 Å². The van der Waals surface area contributed by atoms with E-state index in [1.807, 2.05) is 0 Å². The molecule has 1 fully saturated rings. The fourth-order valence-electron chi connectivity index (χ4n) is 3.01. The minimum atomic E-state index is -3.97. The highest BCUT2D eigenvalue weighted by Crippen LogP contribution is 2.29. The van der Waals surface area contributed by atoms with Crippen molar-refractivity contribution < 1.29 is 26.4 Å². The maximum absolute atomic E-state index is 12.7. The molecule has 1 heterocycles. The van der Waals surface area contributed by atoms with E-state index >= 15 is 0 Å². The lowest BCUT2D eigenvalue weighted by molar-refractivity contribution is -0.121. The number of hydrogen-bond donors (Lipinski definition) is 1. The van der Waals surface area contributed by atoms with Crippen LogP contribution in [0.3, 0.4) is 0 Å². The van der Waals surface area contributed by atoms with Crippen molar-refractivity contribution in [1.29, 1.82) is 0 Å². The predicted molar refractivity (Wildman–Crippen MR) is 111 cm³/mol. The third kappa shape index (κ3) is 4.09. The fourth-order valence-corrected chi connectivity index (χ4v) is 5.06. The molecular weight excluding hydrogens is 430 g/mol. The number of benzene rings is 2. The van der Waals surface area contributed by atoms with Gasteiger partial charge in [0.05, 0.1) is 15.5 Å². The standard InChI is InChI=1S/C19H21N3O6S2/c1-13-12-16(8-9-17(13)22-18(23)10-11-19(22)24)29(25,26)20-14-4-6-15(7-5-14)30(27,28)21(2)3/h4-9,12,20H,10-11H2,1-3H3. The molecule has 160 valence electrons. The predicted octanol–water partition coefficient (Wildman–Crippen LogP) is 1.70. The van der Waals surface area contributed by atoms with Gasteiger partial charge in [0.15, 0.2) is 0 Å². The van der Waals surface area contributed by atoms with Gasteiger partial charge in [-0.25, -0.2) is 21.1 Å². The van der Waals surface area contributed by atoms with Crippen molar-refractivity contribution in [2.24, 2.45) is 0 Å². The molecule has 0 saturated carbocycles. The third-order valence-corrected chi connectivity index (χ3v) is 7.86. The van der Waals surface area contributed by atoms with Gasteiger partial charge in [-0.15, -0.1) is 0 Å². The summed E-state index contributed by atoms with van der Waals surface area (Å²) in [5.41, 5.74) is 1.02. The van der Waals surface area contributed by atoms with Crippen LogP contribution in [0.25, 0.3) is 0 Å². The molecule has 0 atom stereocenters. The van der Waals surface area contributed by atoms with Crippen LogP contribution in [-0.2, 0) is 29.6 Å². The van der Waals surface area contributed by atoms with Gasteiger partial charge in [-0.1, -0.05) is 0 Å². The Balaban J connectivity index is 1.85. The van der Waals surface area contributed by atoms with Crippen LogP contribution in [0.1, 0.15) is 18.4 Å². The molecule has 0 aromatic heterocycles. The van der Waals surface area contributed by atoms with Crippen molar-refractivity contribution in [2.45, 2.75) is 29.6 Å². The highest BCUT2D eigenvalue weighted by molar-refractivity contribution is 7.92. The highest BCUT2D eigenvalue weighted by atomic mass is 32.2. The summed E-state index contributed by atoms with van der Waals surface area (Å²) in [5.74, 6) is -0.630. The van der Waals surface area contributed by atoms with Crippen LogP contribution in [-0.4, -0.2) is 47.1 Å². The van der Waals surface area contributed by atoms with Gasteiger partial charge >= 0.3 is 0 Å². The van der Waals surface area contributed by atoms with E-state index in [2.05, 4.69) is 4.72 Å². The Bertz CT molecular complexity index is 1200. The Hall–Kier alpha value is -2.76. The van der Waals surface area contributed by atoms with Crippen LogP contribution < -0.4 is 9.62 Å². The number of hydrogen-bond acceptors (Lipinski definition) is 6. The molecule has 1 aliphatic heterocycles. The number of nitrogens with zero attached hydrogens (tertiary/aromatic N) is 2. The zero-order chi connectivity index (χ0) is 22.3. The number of imide groups is 1. The Morgan fingerprint density at radius 2 is 1.40 bits per heavy atom. The van der Waals surface area contributed by atoms with Gasteiger partial charge in [0.25, 0.3) is 10.0 Å². The first-order valence-electron chi connectivity index (χ1n) is 8.95. The molecule has 2 aromatic carbocycles. The Morgan fingerprint density at radius 1 is 0.867 bits per heavy atom.